The smallest absolute Gasteiger partial charge is 0.0750 e. The molecule has 0 aromatic heterocycles. The lowest BCUT2D eigenvalue weighted by Gasteiger charge is -2.33. The molecule has 110 valence electrons. The highest BCUT2D eigenvalue weighted by molar-refractivity contribution is 4.82. The minimum Gasteiger partial charge on any atom is -0.377 e. The quantitative estimate of drug-likeness (QED) is 0.598. The molecule has 0 fully saturated rings. The zero-order chi connectivity index (χ0) is 14.0. The molecule has 0 aliphatic rings. The van der Waals surface area contributed by atoms with Gasteiger partial charge in [0.05, 0.1) is 6.10 Å². The average molecular weight is 257 g/mol. The third kappa shape index (κ3) is 6.75. The summed E-state index contributed by atoms with van der Waals surface area (Å²) in [6.07, 6.45) is 5.34. The van der Waals surface area contributed by atoms with Crippen molar-refractivity contribution >= 4 is 0 Å². The van der Waals surface area contributed by atoms with Crippen LogP contribution in [0.1, 0.15) is 67.2 Å². The van der Waals surface area contributed by atoms with Crippen molar-refractivity contribution in [3.63, 3.8) is 0 Å². The van der Waals surface area contributed by atoms with Gasteiger partial charge in [0.15, 0.2) is 0 Å². The Labute approximate surface area is 115 Å². The first kappa shape index (κ1) is 17.9. The third-order valence-electron chi connectivity index (χ3n) is 3.81. The van der Waals surface area contributed by atoms with Crippen molar-refractivity contribution in [3.05, 3.63) is 0 Å². The van der Waals surface area contributed by atoms with Crippen LogP contribution in [0.25, 0.3) is 0 Å². The normalized spacial score (nSPS) is 15.3. The first-order chi connectivity index (χ1) is 8.60. The van der Waals surface area contributed by atoms with E-state index in [0.717, 1.165) is 19.1 Å². The monoisotopic (exact) mass is 257 g/mol. The van der Waals surface area contributed by atoms with Crippen LogP contribution in [-0.2, 0) is 4.74 Å². The molecular formula is C16H35NO. The molecule has 0 aromatic rings. The molecule has 2 nitrogen and oxygen atoms in total. The first-order valence-corrected chi connectivity index (χ1v) is 7.95. The van der Waals surface area contributed by atoms with Gasteiger partial charge in [-0.25, -0.2) is 0 Å². The molecule has 2 atom stereocenters. The Bertz CT molecular complexity index is 178. The molecule has 0 bridgehead atoms. The van der Waals surface area contributed by atoms with Gasteiger partial charge in [-0.1, -0.05) is 47.5 Å². The van der Waals surface area contributed by atoms with Gasteiger partial charge in [0.1, 0.15) is 0 Å². The van der Waals surface area contributed by atoms with Crippen LogP contribution in [0.3, 0.4) is 0 Å². The molecule has 0 aromatic carbocycles. The van der Waals surface area contributed by atoms with Crippen molar-refractivity contribution in [1.29, 1.82) is 0 Å². The zero-order valence-corrected chi connectivity index (χ0v) is 13.5. The lowest BCUT2D eigenvalue weighted by molar-refractivity contribution is -0.00267. The van der Waals surface area contributed by atoms with E-state index < -0.39 is 0 Å². The van der Waals surface area contributed by atoms with Gasteiger partial charge in [-0.15, -0.1) is 0 Å². The summed E-state index contributed by atoms with van der Waals surface area (Å²) in [7, 11) is 0. The van der Waals surface area contributed by atoms with Gasteiger partial charge in [-0.2, -0.15) is 0 Å². The summed E-state index contributed by atoms with van der Waals surface area (Å²) >= 11 is 0. The first-order valence-electron chi connectivity index (χ1n) is 7.95. The van der Waals surface area contributed by atoms with Gasteiger partial charge >= 0.3 is 0 Å². The van der Waals surface area contributed by atoms with Crippen molar-refractivity contribution < 1.29 is 4.74 Å². The second kappa shape index (κ2) is 10.8. The van der Waals surface area contributed by atoms with E-state index >= 15 is 0 Å². The van der Waals surface area contributed by atoms with E-state index in [0.29, 0.717) is 18.1 Å². The fraction of sp³-hybridized carbons (Fsp3) is 1.00. The molecule has 0 saturated heterocycles. The fourth-order valence-electron chi connectivity index (χ4n) is 2.61. The molecule has 1 N–H and O–H groups in total. The van der Waals surface area contributed by atoms with Gasteiger partial charge in [-0.05, 0) is 38.1 Å². The van der Waals surface area contributed by atoms with E-state index in [4.69, 9.17) is 4.74 Å². The number of ether oxygens (including phenoxy) is 1. The van der Waals surface area contributed by atoms with Crippen molar-refractivity contribution in [1.82, 2.24) is 5.32 Å². The Morgan fingerprint density at radius 2 is 1.61 bits per heavy atom. The fourth-order valence-corrected chi connectivity index (χ4v) is 2.61. The molecule has 18 heavy (non-hydrogen) atoms. The molecule has 2 heteroatoms. The largest absolute Gasteiger partial charge is 0.377 e. The summed E-state index contributed by atoms with van der Waals surface area (Å²) in [5.41, 5.74) is 0. The molecule has 0 rings (SSSR count). The van der Waals surface area contributed by atoms with Gasteiger partial charge in [0, 0.05) is 12.6 Å². The predicted octanol–water partition coefficient (Wildman–Crippen LogP) is 4.24. The molecular weight excluding hydrogens is 222 g/mol. The molecule has 0 heterocycles. The summed E-state index contributed by atoms with van der Waals surface area (Å²) in [4.78, 5) is 0. The number of hydrogen-bond donors (Lipinski definition) is 1. The summed E-state index contributed by atoms with van der Waals surface area (Å²) in [5, 5.41) is 3.71. The number of rotatable bonds is 11. The minimum atomic E-state index is 0.349. The molecule has 0 spiro atoms. The second-order valence-electron chi connectivity index (χ2n) is 5.64. The maximum atomic E-state index is 5.99. The van der Waals surface area contributed by atoms with E-state index in [1.807, 2.05) is 0 Å². The van der Waals surface area contributed by atoms with Gasteiger partial charge in [0.2, 0.25) is 0 Å². The predicted molar refractivity (Wildman–Crippen MR) is 81.0 cm³/mol. The molecule has 0 radical (unpaired) electrons. The Morgan fingerprint density at radius 3 is 2.00 bits per heavy atom. The highest BCUT2D eigenvalue weighted by Gasteiger charge is 2.26. The van der Waals surface area contributed by atoms with Gasteiger partial charge < -0.3 is 10.1 Å². The highest BCUT2D eigenvalue weighted by atomic mass is 16.5. The Hall–Kier alpha value is -0.0800. The number of hydrogen-bond acceptors (Lipinski definition) is 2. The topological polar surface area (TPSA) is 21.3 Å². The Balaban J connectivity index is 4.59. The van der Waals surface area contributed by atoms with Crippen molar-refractivity contribution in [3.8, 4) is 0 Å². The van der Waals surface area contributed by atoms with E-state index in [1.165, 1.54) is 25.7 Å². The summed E-state index contributed by atoms with van der Waals surface area (Å²) in [6, 6.07) is 0.509. The van der Waals surface area contributed by atoms with Crippen LogP contribution in [-0.4, -0.2) is 25.3 Å². The van der Waals surface area contributed by atoms with Crippen LogP contribution in [0, 0.1) is 11.8 Å². The molecule has 0 saturated carbocycles. The molecule has 0 aliphatic carbocycles. The maximum absolute atomic E-state index is 5.99. The van der Waals surface area contributed by atoms with Crippen LogP contribution in [0.2, 0.25) is 0 Å². The Kier molecular flexibility index (Phi) is 10.8. The van der Waals surface area contributed by atoms with Crippen LogP contribution >= 0.6 is 0 Å². The second-order valence-corrected chi connectivity index (χ2v) is 5.64. The molecule has 0 aliphatic heterocycles. The maximum Gasteiger partial charge on any atom is 0.0750 e. The SMILES string of the molecule is CCCNC(CC(CC)CC)C(OCC)C(C)C. The van der Waals surface area contributed by atoms with Crippen molar-refractivity contribution in [2.24, 2.45) is 11.8 Å². The van der Waals surface area contributed by atoms with Crippen LogP contribution < -0.4 is 5.32 Å². The standard InChI is InChI=1S/C16H35NO/c1-7-11-17-15(12-14(8-2)9-3)16(13(5)6)18-10-4/h13-17H,7-12H2,1-6H3. The summed E-state index contributed by atoms with van der Waals surface area (Å²) in [5.74, 6) is 1.40. The van der Waals surface area contributed by atoms with Crippen molar-refractivity contribution in [2.75, 3.05) is 13.2 Å². The van der Waals surface area contributed by atoms with Crippen LogP contribution in [0.5, 0.6) is 0 Å². The highest BCUT2D eigenvalue weighted by Crippen LogP contribution is 2.21. The van der Waals surface area contributed by atoms with E-state index in [1.54, 1.807) is 0 Å². The van der Waals surface area contributed by atoms with E-state index in [9.17, 15) is 0 Å². The van der Waals surface area contributed by atoms with Gasteiger partial charge in [-0.3, -0.25) is 0 Å². The van der Waals surface area contributed by atoms with Crippen LogP contribution in [0.4, 0.5) is 0 Å². The lowest BCUT2D eigenvalue weighted by atomic mass is 9.88. The lowest BCUT2D eigenvalue weighted by Crippen LogP contribution is -2.45. The van der Waals surface area contributed by atoms with Gasteiger partial charge in [0.25, 0.3) is 0 Å². The van der Waals surface area contributed by atoms with E-state index in [2.05, 4.69) is 46.9 Å². The summed E-state index contributed by atoms with van der Waals surface area (Å²) < 4.78 is 5.99. The Morgan fingerprint density at radius 1 is 1.00 bits per heavy atom. The zero-order valence-electron chi connectivity index (χ0n) is 13.5. The minimum absolute atomic E-state index is 0.349. The number of nitrogens with one attached hydrogen (secondary N) is 1. The van der Waals surface area contributed by atoms with Crippen LogP contribution in [0.15, 0.2) is 0 Å². The molecule has 2 unspecified atom stereocenters. The average Bonchev–Trinajstić information content (AvgIpc) is 2.36. The van der Waals surface area contributed by atoms with E-state index in [-0.39, 0.29) is 0 Å². The molecule has 0 amide bonds. The third-order valence-corrected chi connectivity index (χ3v) is 3.81. The summed E-state index contributed by atoms with van der Waals surface area (Å²) in [6.45, 7) is 15.4. The van der Waals surface area contributed by atoms with Crippen molar-refractivity contribution in [2.45, 2.75) is 79.4 Å².